The maximum atomic E-state index is 12.2. The molecule has 3 aromatic rings. The monoisotopic (exact) mass is 612 g/mol. The van der Waals surface area contributed by atoms with E-state index in [1.807, 2.05) is 43.3 Å². The standard InChI is InChI=1S/C23H19BrClIN2O3/c1-2-30-21-12-16(13-27-28-23(29)17-5-9-19(25)10-6-17)11-20(26)22(21)31-14-15-3-7-18(24)8-4-15/h3-13H,2,14H2,1H3,(H,28,29)/b27-13-. The molecule has 1 N–H and O–H groups in total. The van der Waals surface area contributed by atoms with Crippen molar-refractivity contribution in [1.82, 2.24) is 5.43 Å². The minimum Gasteiger partial charge on any atom is -0.490 e. The van der Waals surface area contributed by atoms with E-state index >= 15 is 0 Å². The number of nitrogens with one attached hydrogen (secondary N) is 1. The second-order valence-corrected chi connectivity index (χ2v) is 8.90. The Balaban J connectivity index is 1.71. The molecule has 0 atom stereocenters. The van der Waals surface area contributed by atoms with E-state index < -0.39 is 0 Å². The van der Waals surface area contributed by atoms with Gasteiger partial charge in [-0.3, -0.25) is 4.79 Å². The summed E-state index contributed by atoms with van der Waals surface area (Å²) in [6, 6.07) is 18.3. The molecule has 0 radical (unpaired) electrons. The largest absolute Gasteiger partial charge is 0.490 e. The molecule has 0 spiro atoms. The molecule has 0 unspecified atom stereocenters. The van der Waals surface area contributed by atoms with Gasteiger partial charge in [-0.1, -0.05) is 39.7 Å². The Labute approximate surface area is 208 Å². The number of hydrogen-bond donors (Lipinski definition) is 1. The summed E-state index contributed by atoms with van der Waals surface area (Å²) in [5.74, 6) is 0.979. The summed E-state index contributed by atoms with van der Waals surface area (Å²) in [4.78, 5) is 12.2. The van der Waals surface area contributed by atoms with E-state index in [1.54, 1.807) is 30.5 Å². The van der Waals surface area contributed by atoms with E-state index in [-0.39, 0.29) is 5.91 Å². The lowest BCUT2D eigenvalue weighted by molar-refractivity contribution is 0.0955. The molecule has 31 heavy (non-hydrogen) atoms. The molecule has 0 bridgehead atoms. The number of benzene rings is 3. The van der Waals surface area contributed by atoms with Gasteiger partial charge < -0.3 is 9.47 Å². The molecule has 5 nitrogen and oxygen atoms in total. The fourth-order valence-electron chi connectivity index (χ4n) is 2.63. The molecule has 8 heteroatoms. The first-order valence-corrected chi connectivity index (χ1v) is 11.6. The van der Waals surface area contributed by atoms with Crippen LogP contribution in [0.2, 0.25) is 5.02 Å². The Bertz CT molecular complexity index is 1070. The molecule has 0 saturated carbocycles. The van der Waals surface area contributed by atoms with Crippen LogP contribution in [0, 0.1) is 3.57 Å². The van der Waals surface area contributed by atoms with Crippen molar-refractivity contribution in [2.45, 2.75) is 13.5 Å². The van der Waals surface area contributed by atoms with Gasteiger partial charge in [0.1, 0.15) is 6.61 Å². The molecular formula is C23H19BrClIN2O3. The summed E-state index contributed by atoms with van der Waals surface area (Å²) >= 11 is 11.5. The van der Waals surface area contributed by atoms with Gasteiger partial charge in [0, 0.05) is 15.1 Å². The van der Waals surface area contributed by atoms with E-state index in [1.165, 1.54) is 0 Å². The van der Waals surface area contributed by atoms with Crippen molar-refractivity contribution in [3.05, 3.63) is 90.4 Å². The van der Waals surface area contributed by atoms with Crippen LogP contribution in [-0.4, -0.2) is 18.7 Å². The Morgan fingerprint density at radius 3 is 2.52 bits per heavy atom. The van der Waals surface area contributed by atoms with Crippen molar-refractivity contribution >= 4 is 62.2 Å². The highest BCUT2D eigenvalue weighted by Crippen LogP contribution is 2.34. The molecule has 0 aromatic heterocycles. The molecule has 0 saturated heterocycles. The minimum atomic E-state index is -0.318. The number of ether oxygens (including phenoxy) is 2. The van der Waals surface area contributed by atoms with Crippen LogP contribution in [0.25, 0.3) is 0 Å². The molecule has 0 aliphatic heterocycles. The van der Waals surface area contributed by atoms with Crippen LogP contribution < -0.4 is 14.9 Å². The fraction of sp³-hybridized carbons (Fsp3) is 0.130. The van der Waals surface area contributed by atoms with Crippen molar-refractivity contribution in [2.75, 3.05) is 6.61 Å². The van der Waals surface area contributed by atoms with E-state index in [9.17, 15) is 4.79 Å². The van der Waals surface area contributed by atoms with Gasteiger partial charge in [0.25, 0.3) is 5.91 Å². The van der Waals surface area contributed by atoms with Crippen LogP contribution in [0.5, 0.6) is 11.5 Å². The predicted molar refractivity (Wildman–Crippen MR) is 135 cm³/mol. The molecular weight excluding hydrogens is 595 g/mol. The Morgan fingerprint density at radius 2 is 1.84 bits per heavy atom. The SMILES string of the molecule is CCOc1cc(/C=N\NC(=O)c2ccc(Cl)cc2)cc(I)c1OCc1ccc(Br)cc1. The first-order valence-electron chi connectivity index (χ1n) is 9.39. The van der Waals surface area contributed by atoms with Gasteiger partial charge in [-0.2, -0.15) is 5.10 Å². The quantitative estimate of drug-likeness (QED) is 0.181. The number of carbonyl (C=O) groups is 1. The molecule has 1 amide bonds. The van der Waals surface area contributed by atoms with Gasteiger partial charge in [0.15, 0.2) is 11.5 Å². The molecule has 0 fully saturated rings. The summed E-state index contributed by atoms with van der Waals surface area (Å²) in [6.45, 7) is 2.84. The molecule has 3 aromatic carbocycles. The smallest absolute Gasteiger partial charge is 0.271 e. The topological polar surface area (TPSA) is 59.9 Å². The lowest BCUT2D eigenvalue weighted by Crippen LogP contribution is -2.17. The van der Waals surface area contributed by atoms with E-state index in [2.05, 4.69) is 49.0 Å². The Kier molecular flexibility index (Phi) is 8.74. The van der Waals surface area contributed by atoms with Crippen LogP contribution >= 0.6 is 50.1 Å². The summed E-state index contributed by atoms with van der Waals surface area (Å²) in [6.07, 6.45) is 1.57. The van der Waals surface area contributed by atoms with Crippen molar-refractivity contribution in [3.8, 4) is 11.5 Å². The summed E-state index contributed by atoms with van der Waals surface area (Å²) in [7, 11) is 0. The number of nitrogens with zero attached hydrogens (tertiary/aromatic N) is 1. The average molecular weight is 614 g/mol. The van der Waals surface area contributed by atoms with Crippen LogP contribution in [0.4, 0.5) is 0 Å². The summed E-state index contributed by atoms with van der Waals surface area (Å²) in [5.41, 5.74) is 4.82. The van der Waals surface area contributed by atoms with Gasteiger partial charge in [-0.05, 0) is 89.2 Å². The first kappa shape index (κ1) is 23.6. The number of rotatable bonds is 8. The van der Waals surface area contributed by atoms with Crippen molar-refractivity contribution in [1.29, 1.82) is 0 Å². The lowest BCUT2D eigenvalue weighted by Gasteiger charge is -2.15. The molecule has 3 rings (SSSR count). The van der Waals surface area contributed by atoms with Gasteiger partial charge in [0.05, 0.1) is 16.4 Å². The highest BCUT2D eigenvalue weighted by molar-refractivity contribution is 14.1. The Hall–Kier alpha value is -2.10. The highest BCUT2D eigenvalue weighted by Gasteiger charge is 2.12. The third kappa shape index (κ3) is 6.95. The summed E-state index contributed by atoms with van der Waals surface area (Å²) < 4.78 is 13.7. The molecule has 0 aliphatic rings. The zero-order valence-electron chi connectivity index (χ0n) is 16.6. The lowest BCUT2D eigenvalue weighted by atomic mass is 10.2. The number of hydrazone groups is 1. The predicted octanol–water partition coefficient (Wildman–Crippen LogP) is 6.45. The first-order chi connectivity index (χ1) is 15.0. The highest BCUT2D eigenvalue weighted by atomic mass is 127. The fourth-order valence-corrected chi connectivity index (χ4v) is 3.80. The molecule has 160 valence electrons. The third-order valence-electron chi connectivity index (χ3n) is 4.11. The van der Waals surface area contributed by atoms with Crippen molar-refractivity contribution < 1.29 is 14.3 Å². The zero-order valence-corrected chi connectivity index (χ0v) is 21.1. The second-order valence-electron chi connectivity index (χ2n) is 6.38. The Morgan fingerprint density at radius 1 is 1.13 bits per heavy atom. The minimum absolute atomic E-state index is 0.318. The van der Waals surface area contributed by atoms with Gasteiger partial charge in [-0.15, -0.1) is 0 Å². The molecule has 0 heterocycles. The number of halogens is 3. The van der Waals surface area contributed by atoms with Crippen LogP contribution in [-0.2, 0) is 6.61 Å². The zero-order chi connectivity index (χ0) is 22.2. The van der Waals surface area contributed by atoms with Crippen LogP contribution in [0.15, 0.2) is 70.2 Å². The second kappa shape index (κ2) is 11.5. The van der Waals surface area contributed by atoms with Crippen molar-refractivity contribution in [3.63, 3.8) is 0 Å². The summed E-state index contributed by atoms with van der Waals surface area (Å²) in [5, 5.41) is 4.62. The maximum absolute atomic E-state index is 12.2. The van der Waals surface area contributed by atoms with E-state index in [0.717, 1.165) is 19.2 Å². The number of amides is 1. The normalized spacial score (nSPS) is 10.8. The number of hydrogen-bond acceptors (Lipinski definition) is 4. The van der Waals surface area contributed by atoms with Crippen LogP contribution in [0.3, 0.4) is 0 Å². The van der Waals surface area contributed by atoms with Crippen molar-refractivity contribution in [2.24, 2.45) is 5.10 Å². The number of carbonyl (C=O) groups excluding carboxylic acids is 1. The molecule has 0 aliphatic carbocycles. The van der Waals surface area contributed by atoms with Gasteiger partial charge >= 0.3 is 0 Å². The van der Waals surface area contributed by atoms with Crippen LogP contribution in [0.1, 0.15) is 28.4 Å². The average Bonchev–Trinajstić information content (AvgIpc) is 2.75. The van der Waals surface area contributed by atoms with Gasteiger partial charge in [0.2, 0.25) is 0 Å². The van der Waals surface area contributed by atoms with E-state index in [4.69, 9.17) is 21.1 Å². The third-order valence-corrected chi connectivity index (χ3v) is 5.70. The maximum Gasteiger partial charge on any atom is 0.271 e. The van der Waals surface area contributed by atoms with Gasteiger partial charge in [-0.25, -0.2) is 5.43 Å². The van der Waals surface area contributed by atoms with E-state index in [0.29, 0.717) is 35.3 Å².